The van der Waals surface area contributed by atoms with E-state index in [1.807, 2.05) is 12.1 Å². The van der Waals surface area contributed by atoms with Crippen LogP contribution >= 0.6 is 0 Å². The van der Waals surface area contributed by atoms with Gasteiger partial charge in [-0.3, -0.25) is 0 Å². The number of benzene rings is 1. The lowest BCUT2D eigenvalue weighted by atomic mass is 10.1. The molecule has 1 heterocycles. The summed E-state index contributed by atoms with van der Waals surface area (Å²) in [6.45, 7) is 4.87. The van der Waals surface area contributed by atoms with Crippen LogP contribution in [0.4, 0.5) is 0 Å². The molecule has 1 aliphatic carbocycles. The number of rotatable bonds is 3. The normalized spacial score (nSPS) is 28.4. The SMILES string of the molecule is CC1(C)CCC(COc2ccc3c(c2)CCC3O)O1. The second-order valence-corrected chi connectivity index (χ2v) is 6.26. The number of aryl methyl sites for hydroxylation is 1. The molecule has 1 aromatic carbocycles. The summed E-state index contributed by atoms with van der Waals surface area (Å²) in [5.74, 6) is 0.890. The third-order valence-electron chi connectivity index (χ3n) is 4.15. The average Bonchev–Trinajstić information content (AvgIpc) is 2.90. The van der Waals surface area contributed by atoms with Crippen molar-refractivity contribution in [2.75, 3.05) is 6.61 Å². The summed E-state index contributed by atoms with van der Waals surface area (Å²) in [5, 5.41) is 9.77. The Morgan fingerprint density at radius 3 is 2.95 bits per heavy atom. The monoisotopic (exact) mass is 262 g/mol. The summed E-state index contributed by atoms with van der Waals surface area (Å²) >= 11 is 0. The second kappa shape index (κ2) is 4.80. The fraction of sp³-hybridized carbons (Fsp3) is 0.625. The minimum absolute atomic E-state index is 0.00390. The minimum Gasteiger partial charge on any atom is -0.491 e. The zero-order valence-electron chi connectivity index (χ0n) is 11.7. The fourth-order valence-corrected chi connectivity index (χ4v) is 3.05. The first-order valence-electron chi connectivity index (χ1n) is 7.15. The maximum absolute atomic E-state index is 9.77. The van der Waals surface area contributed by atoms with Gasteiger partial charge >= 0.3 is 0 Å². The first-order valence-corrected chi connectivity index (χ1v) is 7.15. The number of ether oxygens (including phenoxy) is 2. The Hall–Kier alpha value is -1.06. The van der Waals surface area contributed by atoms with Crippen LogP contribution in [0, 0.1) is 0 Å². The van der Waals surface area contributed by atoms with E-state index in [4.69, 9.17) is 9.47 Å². The van der Waals surface area contributed by atoms with Gasteiger partial charge in [0.25, 0.3) is 0 Å². The molecule has 104 valence electrons. The predicted octanol–water partition coefficient (Wildman–Crippen LogP) is 3.00. The van der Waals surface area contributed by atoms with Crippen LogP contribution in [-0.2, 0) is 11.2 Å². The summed E-state index contributed by atoms with van der Waals surface area (Å²) in [5.41, 5.74) is 2.28. The average molecular weight is 262 g/mol. The van der Waals surface area contributed by atoms with Gasteiger partial charge in [-0.1, -0.05) is 6.07 Å². The number of hydrogen-bond acceptors (Lipinski definition) is 3. The second-order valence-electron chi connectivity index (χ2n) is 6.26. The Labute approximate surface area is 114 Å². The molecule has 0 bridgehead atoms. The Kier molecular flexibility index (Phi) is 3.27. The van der Waals surface area contributed by atoms with Gasteiger partial charge in [-0.05, 0) is 62.8 Å². The molecule has 0 saturated carbocycles. The Bertz CT molecular complexity index is 467. The maximum atomic E-state index is 9.77. The predicted molar refractivity (Wildman–Crippen MR) is 73.4 cm³/mol. The summed E-state index contributed by atoms with van der Waals surface area (Å²) in [7, 11) is 0. The standard InChI is InChI=1S/C16H22O3/c1-16(2)8-7-13(19-16)10-18-12-4-5-14-11(9-12)3-6-15(14)17/h4-5,9,13,15,17H,3,6-8,10H2,1-2H3. The first-order chi connectivity index (χ1) is 9.03. The van der Waals surface area contributed by atoms with Crippen molar-refractivity contribution in [1.82, 2.24) is 0 Å². The van der Waals surface area contributed by atoms with Crippen LogP contribution in [0.1, 0.15) is 50.3 Å². The van der Waals surface area contributed by atoms with Crippen LogP contribution in [-0.4, -0.2) is 23.4 Å². The topological polar surface area (TPSA) is 38.7 Å². The van der Waals surface area contributed by atoms with Crippen molar-refractivity contribution in [2.45, 2.75) is 57.3 Å². The molecule has 0 spiro atoms. The largest absolute Gasteiger partial charge is 0.491 e. The molecule has 1 fully saturated rings. The van der Waals surface area contributed by atoms with E-state index >= 15 is 0 Å². The van der Waals surface area contributed by atoms with E-state index in [0.29, 0.717) is 6.61 Å². The molecule has 2 atom stereocenters. The van der Waals surface area contributed by atoms with Gasteiger partial charge in [0.1, 0.15) is 12.4 Å². The third-order valence-corrected chi connectivity index (χ3v) is 4.15. The third kappa shape index (κ3) is 2.77. The van der Waals surface area contributed by atoms with Crippen LogP contribution in [0.2, 0.25) is 0 Å². The van der Waals surface area contributed by atoms with Crippen LogP contribution in [0.15, 0.2) is 18.2 Å². The zero-order chi connectivity index (χ0) is 13.5. The van der Waals surface area contributed by atoms with Gasteiger partial charge in [0.05, 0.1) is 17.8 Å². The first kappa shape index (κ1) is 12.9. The zero-order valence-corrected chi connectivity index (χ0v) is 11.7. The van der Waals surface area contributed by atoms with E-state index in [9.17, 15) is 5.11 Å². The van der Waals surface area contributed by atoms with Gasteiger partial charge in [0.15, 0.2) is 0 Å². The van der Waals surface area contributed by atoms with Gasteiger partial charge in [0, 0.05) is 0 Å². The fourth-order valence-electron chi connectivity index (χ4n) is 3.05. The Morgan fingerprint density at radius 2 is 2.21 bits per heavy atom. The molecule has 3 rings (SSSR count). The van der Waals surface area contributed by atoms with Crippen molar-refractivity contribution in [1.29, 1.82) is 0 Å². The van der Waals surface area contributed by atoms with E-state index in [0.717, 1.165) is 37.0 Å². The maximum Gasteiger partial charge on any atom is 0.119 e. The molecular weight excluding hydrogens is 240 g/mol. The smallest absolute Gasteiger partial charge is 0.119 e. The van der Waals surface area contributed by atoms with Gasteiger partial charge in [0.2, 0.25) is 0 Å². The molecule has 0 radical (unpaired) electrons. The van der Waals surface area contributed by atoms with Crippen molar-refractivity contribution in [2.24, 2.45) is 0 Å². The van der Waals surface area contributed by atoms with Crippen LogP contribution in [0.5, 0.6) is 5.75 Å². The van der Waals surface area contributed by atoms with E-state index in [2.05, 4.69) is 19.9 Å². The van der Waals surface area contributed by atoms with Gasteiger partial charge in [-0.25, -0.2) is 0 Å². The van der Waals surface area contributed by atoms with Crippen molar-refractivity contribution in [3.05, 3.63) is 29.3 Å². The molecule has 1 N–H and O–H groups in total. The highest BCUT2D eigenvalue weighted by Gasteiger charge is 2.32. The summed E-state index contributed by atoms with van der Waals surface area (Å²) < 4.78 is 11.8. The van der Waals surface area contributed by atoms with Crippen molar-refractivity contribution >= 4 is 0 Å². The lowest BCUT2D eigenvalue weighted by Gasteiger charge is -2.19. The summed E-state index contributed by atoms with van der Waals surface area (Å²) in [6.07, 6.45) is 3.85. The number of aliphatic hydroxyl groups is 1. The highest BCUT2D eigenvalue weighted by Crippen LogP contribution is 2.34. The summed E-state index contributed by atoms with van der Waals surface area (Å²) in [6, 6.07) is 6.00. The van der Waals surface area contributed by atoms with Gasteiger partial charge in [-0.15, -0.1) is 0 Å². The molecule has 0 aromatic heterocycles. The van der Waals surface area contributed by atoms with E-state index in [1.165, 1.54) is 5.56 Å². The molecule has 1 aliphatic heterocycles. The number of hydrogen-bond donors (Lipinski definition) is 1. The number of fused-ring (bicyclic) bond motifs is 1. The lowest BCUT2D eigenvalue weighted by molar-refractivity contribution is -0.0326. The van der Waals surface area contributed by atoms with E-state index in [1.54, 1.807) is 0 Å². The Balaban J connectivity index is 1.59. The Morgan fingerprint density at radius 1 is 1.37 bits per heavy atom. The van der Waals surface area contributed by atoms with Gasteiger partial charge < -0.3 is 14.6 Å². The highest BCUT2D eigenvalue weighted by molar-refractivity contribution is 5.39. The van der Waals surface area contributed by atoms with Crippen molar-refractivity contribution in [3.8, 4) is 5.75 Å². The number of aliphatic hydroxyl groups excluding tert-OH is 1. The minimum atomic E-state index is -0.289. The van der Waals surface area contributed by atoms with Crippen LogP contribution in [0.3, 0.4) is 0 Å². The highest BCUT2D eigenvalue weighted by atomic mass is 16.6. The molecule has 0 amide bonds. The molecule has 3 nitrogen and oxygen atoms in total. The quantitative estimate of drug-likeness (QED) is 0.910. The van der Waals surface area contributed by atoms with E-state index in [-0.39, 0.29) is 17.8 Å². The van der Waals surface area contributed by atoms with Crippen LogP contribution < -0.4 is 4.74 Å². The van der Waals surface area contributed by atoms with Crippen molar-refractivity contribution in [3.63, 3.8) is 0 Å². The molecular formula is C16H22O3. The van der Waals surface area contributed by atoms with Crippen molar-refractivity contribution < 1.29 is 14.6 Å². The van der Waals surface area contributed by atoms with Gasteiger partial charge in [-0.2, -0.15) is 0 Å². The summed E-state index contributed by atoms with van der Waals surface area (Å²) in [4.78, 5) is 0. The van der Waals surface area contributed by atoms with Crippen LogP contribution in [0.25, 0.3) is 0 Å². The molecule has 3 heteroatoms. The molecule has 19 heavy (non-hydrogen) atoms. The molecule has 1 aromatic rings. The molecule has 2 unspecified atom stereocenters. The van der Waals surface area contributed by atoms with E-state index < -0.39 is 0 Å². The lowest BCUT2D eigenvalue weighted by Crippen LogP contribution is -2.23. The molecule has 1 saturated heterocycles. The molecule has 2 aliphatic rings.